The third-order valence-corrected chi connectivity index (χ3v) is 2.57. The minimum absolute atomic E-state index is 0.161. The predicted octanol–water partition coefficient (Wildman–Crippen LogP) is 1.28. The molecule has 0 spiro atoms. The van der Waals surface area contributed by atoms with Gasteiger partial charge in [-0.25, -0.2) is 4.39 Å². The number of carbonyl (C=O) groups excluding carboxylic acids is 2. The molecule has 0 aliphatic carbocycles. The highest BCUT2D eigenvalue weighted by Crippen LogP contribution is 2.17. The summed E-state index contributed by atoms with van der Waals surface area (Å²) in [7, 11) is 0. The average molecular weight is 296 g/mol. The highest BCUT2D eigenvalue weighted by atomic mass is 19.1. The van der Waals surface area contributed by atoms with Gasteiger partial charge in [-0.05, 0) is 38.5 Å². The third kappa shape index (κ3) is 6.85. The monoisotopic (exact) mass is 296 g/mol. The van der Waals surface area contributed by atoms with Crippen LogP contribution in [0.3, 0.4) is 0 Å². The summed E-state index contributed by atoms with van der Waals surface area (Å²) in [6.45, 7) is 5.34. The van der Waals surface area contributed by atoms with Crippen molar-refractivity contribution in [2.24, 2.45) is 0 Å². The number of amides is 2. The van der Waals surface area contributed by atoms with Crippen LogP contribution in [0.15, 0.2) is 24.3 Å². The van der Waals surface area contributed by atoms with Gasteiger partial charge in [0.1, 0.15) is 5.82 Å². The Labute approximate surface area is 123 Å². The maximum atomic E-state index is 13.0. The molecular weight excluding hydrogens is 275 g/mol. The zero-order chi connectivity index (χ0) is 16.0. The molecule has 3 N–H and O–H groups in total. The first-order chi connectivity index (χ1) is 9.67. The van der Waals surface area contributed by atoms with Crippen LogP contribution in [0.2, 0.25) is 0 Å². The summed E-state index contributed by atoms with van der Waals surface area (Å²) in [4.78, 5) is 23.2. The standard InChI is InChI=1S/C15H21FN2O3/c1-15(2,3)18-14(21)9-17-13(20)8-12(19)10-5-4-6-11(16)7-10/h4-7,12,19H,8-9H2,1-3H3,(H,17,20)(H,18,21). The molecule has 0 radical (unpaired) electrons. The van der Waals surface area contributed by atoms with Gasteiger partial charge in [0.2, 0.25) is 11.8 Å². The SMILES string of the molecule is CC(C)(C)NC(=O)CNC(=O)CC(O)c1cccc(F)c1. The van der Waals surface area contributed by atoms with Crippen LogP contribution >= 0.6 is 0 Å². The molecule has 0 aliphatic rings. The summed E-state index contributed by atoms with van der Waals surface area (Å²) in [5.41, 5.74) is -0.0487. The van der Waals surface area contributed by atoms with Gasteiger partial charge >= 0.3 is 0 Å². The molecule has 21 heavy (non-hydrogen) atoms. The number of halogens is 1. The normalized spacial score (nSPS) is 12.6. The Bertz CT molecular complexity index is 512. The molecule has 0 aliphatic heterocycles. The lowest BCUT2D eigenvalue weighted by atomic mass is 10.1. The number of rotatable bonds is 5. The topological polar surface area (TPSA) is 78.4 Å². The fourth-order valence-corrected chi connectivity index (χ4v) is 1.72. The number of hydrogen-bond acceptors (Lipinski definition) is 3. The number of aliphatic hydroxyl groups excluding tert-OH is 1. The van der Waals surface area contributed by atoms with E-state index < -0.39 is 17.8 Å². The van der Waals surface area contributed by atoms with Crippen LogP contribution in [-0.4, -0.2) is 29.0 Å². The van der Waals surface area contributed by atoms with E-state index >= 15 is 0 Å². The second-order valence-corrected chi connectivity index (χ2v) is 5.85. The van der Waals surface area contributed by atoms with Crippen molar-refractivity contribution < 1.29 is 19.1 Å². The van der Waals surface area contributed by atoms with E-state index in [-0.39, 0.29) is 24.4 Å². The van der Waals surface area contributed by atoms with E-state index in [0.29, 0.717) is 5.56 Å². The van der Waals surface area contributed by atoms with Gasteiger partial charge in [0, 0.05) is 5.54 Å². The first-order valence-corrected chi connectivity index (χ1v) is 6.68. The van der Waals surface area contributed by atoms with Crippen LogP contribution in [0.4, 0.5) is 4.39 Å². The van der Waals surface area contributed by atoms with Crippen molar-refractivity contribution in [3.05, 3.63) is 35.6 Å². The quantitative estimate of drug-likeness (QED) is 0.766. The zero-order valence-electron chi connectivity index (χ0n) is 12.4. The molecule has 0 saturated heterocycles. The molecule has 1 unspecified atom stereocenters. The van der Waals surface area contributed by atoms with E-state index in [4.69, 9.17) is 0 Å². The van der Waals surface area contributed by atoms with Crippen LogP contribution in [-0.2, 0) is 9.59 Å². The van der Waals surface area contributed by atoms with Gasteiger partial charge in [0.25, 0.3) is 0 Å². The van der Waals surface area contributed by atoms with Crippen molar-refractivity contribution in [2.45, 2.75) is 38.8 Å². The van der Waals surface area contributed by atoms with Crippen LogP contribution in [0.25, 0.3) is 0 Å². The van der Waals surface area contributed by atoms with Crippen molar-refractivity contribution >= 4 is 11.8 Å². The average Bonchev–Trinajstić information content (AvgIpc) is 2.34. The van der Waals surface area contributed by atoms with Crippen LogP contribution in [0.5, 0.6) is 0 Å². The minimum Gasteiger partial charge on any atom is -0.388 e. The Kier molecular flexibility index (Phi) is 5.84. The maximum Gasteiger partial charge on any atom is 0.239 e. The Morgan fingerprint density at radius 2 is 1.95 bits per heavy atom. The smallest absolute Gasteiger partial charge is 0.239 e. The fraction of sp³-hybridized carbons (Fsp3) is 0.467. The number of aliphatic hydroxyl groups is 1. The van der Waals surface area contributed by atoms with Crippen molar-refractivity contribution in [1.82, 2.24) is 10.6 Å². The highest BCUT2D eigenvalue weighted by Gasteiger charge is 2.16. The summed E-state index contributed by atoms with van der Waals surface area (Å²) < 4.78 is 13.0. The second-order valence-electron chi connectivity index (χ2n) is 5.85. The molecule has 2 amide bonds. The van der Waals surface area contributed by atoms with Crippen LogP contribution in [0, 0.1) is 5.82 Å². The summed E-state index contributed by atoms with van der Waals surface area (Å²) in [6.07, 6.45) is -1.34. The molecule has 1 rings (SSSR count). The Morgan fingerprint density at radius 1 is 1.29 bits per heavy atom. The molecule has 1 aromatic carbocycles. The minimum atomic E-state index is -1.11. The first-order valence-electron chi connectivity index (χ1n) is 6.68. The van der Waals surface area contributed by atoms with Crippen molar-refractivity contribution in [3.8, 4) is 0 Å². The first kappa shape index (κ1) is 17.1. The van der Waals surface area contributed by atoms with Gasteiger partial charge in [-0.3, -0.25) is 9.59 Å². The highest BCUT2D eigenvalue weighted by molar-refractivity contribution is 5.85. The molecule has 0 bridgehead atoms. The largest absolute Gasteiger partial charge is 0.388 e. The Hall–Kier alpha value is -1.95. The number of carbonyl (C=O) groups is 2. The molecule has 1 aromatic rings. The molecule has 0 fully saturated rings. The molecule has 1 atom stereocenters. The van der Waals surface area contributed by atoms with Gasteiger partial charge < -0.3 is 15.7 Å². The second kappa shape index (κ2) is 7.17. The van der Waals surface area contributed by atoms with Gasteiger partial charge in [0.15, 0.2) is 0 Å². The molecular formula is C15H21FN2O3. The molecule has 0 heterocycles. The van der Waals surface area contributed by atoms with Gasteiger partial charge in [-0.15, -0.1) is 0 Å². The summed E-state index contributed by atoms with van der Waals surface area (Å²) in [6, 6.07) is 5.42. The third-order valence-electron chi connectivity index (χ3n) is 2.57. The lowest BCUT2D eigenvalue weighted by Gasteiger charge is -2.20. The number of hydrogen-bond donors (Lipinski definition) is 3. The van der Waals surface area contributed by atoms with Crippen LogP contribution in [0.1, 0.15) is 38.9 Å². The van der Waals surface area contributed by atoms with E-state index in [0.717, 1.165) is 0 Å². The lowest BCUT2D eigenvalue weighted by molar-refractivity contribution is -0.128. The summed E-state index contributed by atoms with van der Waals surface area (Å²) in [5, 5.41) is 15.0. The summed E-state index contributed by atoms with van der Waals surface area (Å²) >= 11 is 0. The lowest BCUT2D eigenvalue weighted by Crippen LogP contribution is -2.45. The molecule has 0 saturated carbocycles. The van der Waals surface area contributed by atoms with E-state index in [1.807, 2.05) is 20.8 Å². The Balaban J connectivity index is 2.42. The van der Waals surface area contributed by atoms with Crippen molar-refractivity contribution in [2.75, 3.05) is 6.54 Å². The van der Waals surface area contributed by atoms with Crippen LogP contribution < -0.4 is 10.6 Å². The maximum absolute atomic E-state index is 13.0. The van der Waals surface area contributed by atoms with Gasteiger partial charge in [-0.1, -0.05) is 12.1 Å². The van der Waals surface area contributed by atoms with E-state index in [2.05, 4.69) is 10.6 Å². The number of benzene rings is 1. The fourth-order valence-electron chi connectivity index (χ4n) is 1.72. The zero-order valence-corrected chi connectivity index (χ0v) is 12.4. The van der Waals surface area contributed by atoms with E-state index in [1.54, 1.807) is 0 Å². The van der Waals surface area contributed by atoms with E-state index in [1.165, 1.54) is 24.3 Å². The molecule has 116 valence electrons. The Morgan fingerprint density at radius 3 is 2.52 bits per heavy atom. The predicted molar refractivity (Wildman–Crippen MR) is 76.9 cm³/mol. The van der Waals surface area contributed by atoms with Gasteiger partial charge in [0.05, 0.1) is 19.1 Å². The number of nitrogens with one attached hydrogen (secondary N) is 2. The van der Waals surface area contributed by atoms with Crippen molar-refractivity contribution in [3.63, 3.8) is 0 Å². The summed E-state index contributed by atoms with van der Waals surface area (Å²) in [5.74, 6) is -1.26. The molecule has 0 aromatic heterocycles. The molecule has 6 heteroatoms. The van der Waals surface area contributed by atoms with E-state index in [9.17, 15) is 19.1 Å². The van der Waals surface area contributed by atoms with Crippen molar-refractivity contribution in [1.29, 1.82) is 0 Å². The molecule has 5 nitrogen and oxygen atoms in total. The van der Waals surface area contributed by atoms with Gasteiger partial charge in [-0.2, -0.15) is 0 Å².